The predicted molar refractivity (Wildman–Crippen MR) is 77.8 cm³/mol. The van der Waals surface area contributed by atoms with Gasteiger partial charge in [0.2, 0.25) is 0 Å². The van der Waals surface area contributed by atoms with Gasteiger partial charge in [0.25, 0.3) is 10.0 Å². The number of hydrogen-bond acceptors (Lipinski definition) is 3. The lowest BCUT2D eigenvalue weighted by Crippen LogP contribution is -2.35. The molecule has 2 heterocycles. The minimum Gasteiger partial charge on any atom is -0.336 e. The molecule has 0 aliphatic carbocycles. The number of rotatable bonds is 6. The molecule has 0 saturated carbocycles. The zero-order valence-corrected chi connectivity index (χ0v) is 13.5. The topological polar surface area (TPSA) is 55.2 Å². The molecular weight excluding hydrogens is 330 g/mol. The quantitative estimate of drug-likeness (QED) is 0.740. The average molecular weight is 350 g/mol. The molecule has 1 aromatic heterocycles. The summed E-state index contributed by atoms with van der Waals surface area (Å²) in [6, 6.07) is 0.134. The number of aromatic nitrogens is 2. The van der Waals surface area contributed by atoms with Crippen LogP contribution in [0.2, 0.25) is 0 Å². The summed E-state index contributed by atoms with van der Waals surface area (Å²) < 4.78 is 28.6. The van der Waals surface area contributed by atoms with Crippen molar-refractivity contribution in [2.24, 2.45) is 0 Å². The fourth-order valence-electron chi connectivity index (χ4n) is 2.49. The van der Waals surface area contributed by atoms with Crippen molar-refractivity contribution in [3.8, 4) is 0 Å². The van der Waals surface area contributed by atoms with Crippen LogP contribution in [0.3, 0.4) is 0 Å². The number of aryl methyl sites for hydroxylation is 1. The molecule has 1 aliphatic rings. The highest BCUT2D eigenvalue weighted by atomic mass is 79.9. The molecule has 1 aromatic rings. The molecule has 0 spiro atoms. The molecule has 7 heteroatoms. The van der Waals surface area contributed by atoms with Gasteiger partial charge in [0, 0.05) is 30.7 Å². The molecule has 19 heavy (non-hydrogen) atoms. The van der Waals surface area contributed by atoms with Gasteiger partial charge in [-0.05, 0) is 32.6 Å². The van der Waals surface area contributed by atoms with Crippen molar-refractivity contribution in [3.05, 3.63) is 12.5 Å². The van der Waals surface area contributed by atoms with Crippen LogP contribution in [0.1, 0.15) is 32.6 Å². The fraction of sp³-hybridized carbons (Fsp3) is 0.750. The third-order valence-electron chi connectivity index (χ3n) is 3.54. The van der Waals surface area contributed by atoms with E-state index in [4.69, 9.17) is 0 Å². The first-order valence-electron chi connectivity index (χ1n) is 6.69. The van der Waals surface area contributed by atoms with Crippen LogP contribution in [0.25, 0.3) is 0 Å². The molecule has 0 radical (unpaired) electrons. The normalized spacial score (nSPS) is 21.1. The maximum atomic E-state index is 12.6. The highest BCUT2D eigenvalue weighted by Gasteiger charge is 2.35. The Bertz CT molecular complexity index is 515. The molecule has 0 aromatic carbocycles. The van der Waals surface area contributed by atoms with Crippen molar-refractivity contribution in [1.29, 1.82) is 0 Å². The first-order chi connectivity index (χ1) is 9.09. The van der Waals surface area contributed by atoms with Crippen molar-refractivity contribution in [2.75, 3.05) is 11.9 Å². The average Bonchev–Trinajstić information content (AvgIpc) is 3.05. The Morgan fingerprint density at radius 3 is 2.95 bits per heavy atom. The fourth-order valence-corrected chi connectivity index (χ4v) is 4.48. The Kier molecular flexibility index (Phi) is 5.03. The van der Waals surface area contributed by atoms with Crippen LogP contribution < -0.4 is 0 Å². The first kappa shape index (κ1) is 15.0. The summed E-state index contributed by atoms with van der Waals surface area (Å²) in [5.41, 5.74) is 0. The van der Waals surface area contributed by atoms with Crippen molar-refractivity contribution in [3.63, 3.8) is 0 Å². The molecule has 1 fully saturated rings. The summed E-state index contributed by atoms with van der Waals surface area (Å²) in [5, 5.41) is 1.10. The van der Waals surface area contributed by atoms with Gasteiger partial charge < -0.3 is 4.57 Å². The Balaban J connectivity index is 2.18. The number of hydrogen-bond donors (Lipinski definition) is 0. The van der Waals surface area contributed by atoms with Crippen molar-refractivity contribution < 1.29 is 8.42 Å². The summed E-state index contributed by atoms with van der Waals surface area (Å²) in [7, 11) is -3.42. The second-order valence-electron chi connectivity index (χ2n) is 4.79. The minimum atomic E-state index is -3.42. The van der Waals surface area contributed by atoms with Gasteiger partial charge in [-0.15, -0.1) is 0 Å². The van der Waals surface area contributed by atoms with Crippen LogP contribution in [-0.2, 0) is 16.6 Å². The highest BCUT2D eigenvalue weighted by Crippen LogP contribution is 2.28. The summed E-state index contributed by atoms with van der Waals surface area (Å²) in [6.45, 7) is 3.32. The largest absolute Gasteiger partial charge is 0.336 e. The van der Waals surface area contributed by atoms with E-state index in [9.17, 15) is 8.42 Å². The van der Waals surface area contributed by atoms with Crippen LogP contribution in [-0.4, -0.2) is 40.2 Å². The summed E-state index contributed by atoms with van der Waals surface area (Å²) >= 11 is 3.40. The Morgan fingerprint density at radius 2 is 2.32 bits per heavy atom. The van der Waals surface area contributed by atoms with Crippen LogP contribution in [0, 0.1) is 0 Å². The molecule has 2 rings (SSSR count). The SMILES string of the molecule is CCn1cnc(S(=O)(=O)N2CCCC2CCCBr)c1. The number of imidazole rings is 1. The smallest absolute Gasteiger partial charge is 0.262 e. The molecule has 0 bridgehead atoms. The second-order valence-corrected chi connectivity index (χ2v) is 7.42. The molecular formula is C12H20BrN3O2S. The van der Waals surface area contributed by atoms with Crippen molar-refractivity contribution >= 4 is 26.0 Å². The lowest BCUT2D eigenvalue weighted by Gasteiger charge is -2.22. The van der Waals surface area contributed by atoms with Gasteiger partial charge in [0.15, 0.2) is 5.03 Å². The van der Waals surface area contributed by atoms with Crippen molar-refractivity contribution in [1.82, 2.24) is 13.9 Å². The van der Waals surface area contributed by atoms with Gasteiger partial charge in [-0.3, -0.25) is 0 Å². The van der Waals surface area contributed by atoms with E-state index >= 15 is 0 Å². The van der Waals surface area contributed by atoms with E-state index in [2.05, 4.69) is 20.9 Å². The lowest BCUT2D eigenvalue weighted by atomic mass is 10.1. The summed E-state index contributed by atoms with van der Waals surface area (Å²) in [5.74, 6) is 0. The Hall–Kier alpha value is -0.400. The van der Waals surface area contributed by atoms with E-state index in [0.717, 1.165) is 37.6 Å². The van der Waals surface area contributed by atoms with Gasteiger partial charge in [-0.25, -0.2) is 13.4 Å². The van der Waals surface area contributed by atoms with Crippen LogP contribution in [0.15, 0.2) is 17.6 Å². The van der Waals surface area contributed by atoms with Crippen molar-refractivity contribution in [2.45, 2.75) is 50.2 Å². The molecule has 1 unspecified atom stereocenters. The van der Waals surface area contributed by atoms with E-state index in [1.54, 1.807) is 21.4 Å². The molecule has 0 amide bonds. The van der Waals surface area contributed by atoms with E-state index in [-0.39, 0.29) is 11.1 Å². The van der Waals surface area contributed by atoms with Crippen LogP contribution in [0.5, 0.6) is 0 Å². The number of sulfonamides is 1. The van der Waals surface area contributed by atoms with Crippen LogP contribution in [0.4, 0.5) is 0 Å². The van der Waals surface area contributed by atoms with Gasteiger partial charge in [-0.2, -0.15) is 4.31 Å². The maximum absolute atomic E-state index is 12.6. The lowest BCUT2D eigenvalue weighted by molar-refractivity contribution is 0.368. The first-order valence-corrected chi connectivity index (χ1v) is 9.25. The zero-order valence-electron chi connectivity index (χ0n) is 11.1. The maximum Gasteiger partial charge on any atom is 0.262 e. The number of nitrogens with zero attached hydrogens (tertiary/aromatic N) is 3. The van der Waals surface area contributed by atoms with Gasteiger partial charge in [-0.1, -0.05) is 15.9 Å². The van der Waals surface area contributed by atoms with Gasteiger partial charge in [0.1, 0.15) is 0 Å². The second kappa shape index (κ2) is 6.37. The monoisotopic (exact) mass is 349 g/mol. The third-order valence-corrected chi connectivity index (χ3v) is 5.94. The Morgan fingerprint density at radius 1 is 1.53 bits per heavy atom. The van der Waals surface area contributed by atoms with Crippen LogP contribution >= 0.6 is 15.9 Å². The van der Waals surface area contributed by atoms with Gasteiger partial charge in [0.05, 0.1) is 6.33 Å². The minimum absolute atomic E-state index is 0.134. The third kappa shape index (κ3) is 3.20. The predicted octanol–water partition coefficient (Wildman–Crippen LogP) is 2.23. The Labute approximate surface area is 123 Å². The van der Waals surface area contributed by atoms with Gasteiger partial charge >= 0.3 is 0 Å². The standard InChI is InChI=1S/C12H20BrN3O2S/c1-2-15-9-12(14-10-15)19(17,18)16-8-4-6-11(16)5-3-7-13/h9-11H,2-8H2,1H3. The van der Waals surface area contributed by atoms with E-state index < -0.39 is 10.0 Å². The van der Waals surface area contributed by atoms with E-state index in [0.29, 0.717) is 6.54 Å². The summed E-state index contributed by atoms with van der Waals surface area (Å²) in [4.78, 5) is 4.04. The molecule has 5 nitrogen and oxygen atoms in total. The number of alkyl halides is 1. The highest BCUT2D eigenvalue weighted by molar-refractivity contribution is 9.09. The molecule has 0 N–H and O–H groups in total. The molecule has 108 valence electrons. The molecule has 1 aliphatic heterocycles. The van der Waals surface area contributed by atoms with E-state index in [1.165, 1.54) is 0 Å². The van der Waals surface area contributed by atoms with E-state index in [1.807, 2.05) is 6.92 Å². The summed E-state index contributed by atoms with van der Waals surface area (Å²) in [6.07, 6.45) is 7.02. The zero-order chi connectivity index (χ0) is 13.9. The molecule has 1 atom stereocenters. The number of halogens is 1. The molecule has 1 saturated heterocycles.